The molecule has 1 unspecified atom stereocenters. The highest BCUT2D eigenvalue weighted by molar-refractivity contribution is 7.88. The maximum atomic E-state index is 12.5. The molecule has 1 spiro atoms. The van der Waals surface area contributed by atoms with Gasteiger partial charge in [0.15, 0.2) is 0 Å². The summed E-state index contributed by atoms with van der Waals surface area (Å²) in [6.45, 7) is 2.38. The minimum absolute atomic E-state index is 0.217. The van der Waals surface area contributed by atoms with Gasteiger partial charge >= 0.3 is 15.6 Å². The molecule has 1 atom stereocenters. The normalized spacial score (nSPS) is 24.0. The van der Waals surface area contributed by atoms with Crippen LogP contribution in [0.25, 0.3) is 10.9 Å². The molecule has 0 saturated carbocycles. The topological polar surface area (TPSA) is 83.2 Å². The molecule has 3 N–H and O–H groups in total. The molecule has 0 aliphatic carbocycles. The largest absolute Gasteiger partial charge is 0.534 e. The van der Waals surface area contributed by atoms with E-state index in [1.54, 1.807) is 6.07 Å². The maximum absolute atomic E-state index is 12.5. The molecule has 1 fully saturated rings. The van der Waals surface area contributed by atoms with Crippen LogP contribution in [0.4, 0.5) is 13.2 Å². The Morgan fingerprint density at radius 1 is 1.20 bits per heavy atom. The number of rotatable bonds is 2. The van der Waals surface area contributed by atoms with E-state index in [9.17, 15) is 21.6 Å². The fraction of sp³-hybridized carbons (Fsp3) is 0.467. The van der Waals surface area contributed by atoms with Gasteiger partial charge in [-0.15, -0.1) is 0 Å². The number of benzene rings is 1. The van der Waals surface area contributed by atoms with Crippen molar-refractivity contribution < 1.29 is 25.8 Å². The molecule has 4 rings (SSSR count). The fourth-order valence-corrected chi connectivity index (χ4v) is 4.14. The molecule has 0 bridgehead atoms. The van der Waals surface area contributed by atoms with Gasteiger partial charge in [-0.1, -0.05) is 0 Å². The van der Waals surface area contributed by atoms with Crippen LogP contribution in [0, 0.1) is 0 Å². The van der Waals surface area contributed by atoms with Crippen LogP contribution in [0.1, 0.15) is 17.7 Å². The summed E-state index contributed by atoms with van der Waals surface area (Å²) in [7, 11) is -5.68. The smallest absolute Gasteiger partial charge is 0.376 e. The van der Waals surface area contributed by atoms with Crippen LogP contribution in [0.5, 0.6) is 5.75 Å². The maximum Gasteiger partial charge on any atom is 0.534 e. The number of alkyl halides is 3. The van der Waals surface area contributed by atoms with Crippen molar-refractivity contribution in [3.05, 3.63) is 29.5 Å². The fourth-order valence-electron chi connectivity index (χ4n) is 3.69. The van der Waals surface area contributed by atoms with Crippen molar-refractivity contribution in [1.82, 2.24) is 15.6 Å². The lowest BCUT2D eigenvalue weighted by Crippen LogP contribution is -2.48. The zero-order valence-electron chi connectivity index (χ0n) is 13.0. The Bertz CT molecular complexity index is 931. The number of halogens is 3. The first-order valence-corrected chi connectivity index (χ1v) is 9.24. The third-order valence-electron chi connectivity index (χ3n) is 4.84. The summed E-state index contributed by atoms with van der Waals surface area (Å²) in [5.41, 5.74) is -2.92. The third kappa shape index (κ3) is 2.59. The van der Waals surface area contributed by atoms with E-state index in [1.807, 2.05) is 0 Å². The number of hydrogen-bond acceptors (Lipinski definition) is 5. The molecule has 10 heteroatoms. The van der Waals surface area contributed by atoms with Gasteiger partial charge in [0.05, 0.1) is 5.54 Å². The van der Waals surface area contributed by atoms with E-state index < -0.39 is 15.6 Å². The number of aromatic nitrogens is 1. The lowest BCUT2D eigenvalue weighted by molar-refractivity contribution is -0.0500. The van der Waals surface area contributed by atoms with Crippen molar-refractivity contribution in [2.75, 3.05) is 19.6 Å². The van der Waals surface area contributed by atoms with Gasteiger partial charge in [-0.25, -0.2) is 0 Å². The minimum atomic E-state index is -5.68. The molecule has 136 valence electrons. The average molecular weight is 375 g/mol. The van der Waals surface area contributed by atoms with E-state index in [0.717, 1.165) is 42.8 Å². The number of nitrogens with one attached hydrogen (secondary N) is 3. The molecule has 1 aromatic heterocycles. The first-order valence-electron chi connectivity index (χ1n) is 7.83. The molecular formula is C15H16F3N3O3S. The van der Waals surface area contributed by atoms with Crippen LogP contribution >= 0.6 is 0 Å². The Balaban J connectivity index is 1.77. The van der Waals surface area contributed by atoms with Gasteiger partial charge in [-0.2, -0.15) is 21.6 Å². The summed E-state index contributed by atoms with van der Waals surface area (Å²) in [6, 6.07) is 4.13. The van der Waals surface area contributed by atoms with Crippen LogP contribution in [0.15, 0.2) is 18.2 Å². The second-order valence-corrected chi connectivity index (χ2v) is 7.89. The van der Waals surface area contributed by atoms with Crippen molar-refractivity contribution in [2.24, 2.45) is 0 Å². The molecule has 1 saturated heterocycles. The highest BCUT2D eigenvalue weighted by Gasteiger charge is 2.48. The number of hydrogen-bond donors (Lipinski definition) is 3. The van der Waals surface area contributed by atoms with E-state index in [1.165, 1.54) is 12.1 Å². The number of fused-ring (bicyclic) bond motifs is 4. The van der Waals surface area contributed by atoms with Crippen LogP contribution in [0.2, 0.25) is 0 Å². The van der Waals surface area contributed by atoms with E-state index in [0.29, 0.717) is 11.8 Å². The Morgan fingerprint density at radius 3 is 2.68 bits per heavy atom. The van der Waals surface area contributed by atoms with Gasteiger partial charge in [0.2, 0.25) is 0 Å². The van der Waals surface area contributed by atoms with Gasteiger partial charge in [0.1, 0.15) is 5.75 Å². The Kier molecular flexibility index (Phi) is 3.57. The molecule has 25 heavy (non-hydrogen) atoms. The molecular weight excluding hydrogens is 359 g/mol. The van der Waals surface area contributed by atoms with Crippen LogP contribution in [0.3, 0.4) is 0 Å². The first-order chi connectivity index (χ1) is 11.7. The molecule has 3 heterocycles. The SMILES string of the molecule is O=S(=O)(Oc1ccc2[nH]c3c(c2c1)CCNC31CCNC1)C(F)(F)F. The van der Waals surface area contributed by atoms with Gasteiger partial charge < -0.3 is 19.8 Å². The molecule has 0 radical (unpaired) electrons. The quantitative estimate of drug-likeness (QED) is 0.550. The van der Waals surface area contributed by atoms with Crippen molar-refractivity contribution >= 4 is 21.0 Å². The van der Waals surface area contributed by atoms with Crippen molar-refractivity contribution in [3.63, 3.8) is 0 Å². The van der Waals surface area contributed by atoms with E-state index in [-0.39, 0.29) is 11.3 Å². The summed E-state index contributed by atoms with van der Waals surface area (Å²) < 4.78 is 64.2. The highest BCUT2D eigenvalue weighted by atomic mass is 32.2. The van der Waals surface area contributed by atoms with Gasteiger partial charge in [0, 0.05) is 29.7 Å². The summed E-state index contributed by atoms with van der Waals surface area (Å²) in [4.78, 5) is 3.34. The van der Waals surface area contributed by atoms with Crippen LogP contribution in [-0.4, -0.2) is 38.5 Å². The third-order valence-corrected chi connectivity index (χ3v) is 5.82. The van der Waals surface area contributed by atoms with Crippen molar-refractivity contribution in [2.45, 2.75) is 23.9 Å². The number of H-pyrrole nitrogens is 1. The van der Waals surface area contributed by atoms with Gasteiger partial charge in [-0.3, -0.25) is 0 Å². The predicted octanol–water partition coefficient (Wildman–Crippen LogP) is 1.73. The number of aromatic amines is 1. The Hall–Kier alpha value is -1.78. The Morgan fingerprint density at radius 2 is 2.00 bits per heavy atom. The Labute approximate surface area is 141 Å². The summed E-state index contributed by atoms with van der Waals surface area (Å²) in [6.07, 6.45) is 1.60. The van der Waals surface area contributed by atoms with E-state index in [4.69, 9.17) is 0 Å². The zero-order valence-corrected chi connectivity index (χ0v) is 13.9. The molecule has 2 aromatic rings. The van der Waals surface area contributed by atoms with E-state index in [2.05, 4.69) is 19.8 Å². The summed E-state index contributed by atoms with van der Waals surface area (Å²) >= 11 is 0. The van der Waals surface area contributed by atoms with Crippen LogP contribution < -0.4 is 14.8 Å². The highest BCUT2D eigenvalue weighted by Crippen LogP contribution is 2.38. The minimum Gasteiger partial charge on any atom is -0.376 e. The molecule has 1 aromatic carbocycles. The van der Waals surface area contributed by atoms with Crippen molar-refractivity contribution in [1.29, 1.82) is 0 Å². The molecule has 0 amide bonds. The summed E-state index contributed by atoms with van der Waals surface area (Å²) in [5.74, 6) is -0.344. The standard InChI is InChI=1S/C15H16F3N3O3S/c16-15(17,18)25(22,23)24-9-1-2-12-11(7-9)10-3-5-20-14(13(10)21-12)4-6-19-8-14/h1-2,7,19-21H,3-6,8H2. The molecule has 2 aliphatic heterocycles. The monoisotopic (exact) mass is 375 g/mol. The lowest BCUT2D eigenvalue weighted by atomic mass is 9.86. The second kappa shape index (κ2) is 5.36. The average Bonchev–Trinajstić information content (AvgIpc) is 3.12. The first kappa shape index (κ1) is 16.7. The predicted molar refractivity (Wildman–Crippen MR) is 84.8 cm³/mol. The van der Waals surface area contributed by atoms with Crippen LogP contribution in [-0.2, 0) is 22.1 Å². The zero-order chi connectivity index (χ0) is 17.9. The molecule has 6 nitrogen and oxygen atoms in total. The summed E-state index contributed by atoms with van der Waals surface area (Å²) in [5, 5.41) is 7.52. The van der Waals surface area contributed by atoms with E-state index >= 15 is 0 Å². The second-order valence-electron chi connectivity index (χ2n) is 6.35. The van der Waals surface area contributed by atoms with Crippen molar-refractivity contribution in [3.8, 4) is 5.75 Å². The molecule has 2 aliphatic rings. The van der Waals surface area contributed by atoms with Gasteiger partial charge in [-0.05, 0) is 43.1 Å². The van der Waals surface area contributed by atoms with Gasteiger partial charge in [0.25, 0.3) is 0 Å². The lowest BCUT2D eigenvalue weighted by Gasteiger charge is -2.34.